The lowest BCUT2D eigenvalue weighted by molar-refractivity contribution is -0.770. The summed E-state index contributed by atoms with van der Waals surface area (Å²) in [7, 11) is 0. The van der Waals surface area contributed by atoms with Crippen molar-refractivity contribution in [3.05, 3.63) is 22.7 Å². The van der Waals surface area contributed by atoms with Crippen LogP contribution in [0.3, 0.4) is 0 Å². The van der Waals surface area contributed by atoms with Gasteiger partial charge in [-0.2, -0.15) is 14.3 Å². The summed E-state index contributed by atoms with van der Waals surface area (Å²) in [6.45, 7) is -0.0470. The molecule has 15 heavy (non-hydrogen) atoms. The summed E-state index contributed by atoms with van der Waals surface area (Å²) < 4.78 is 6.86. The summed E-state index contributed by atoms with van der Waals surface area (Å²) in [5, 5.41) is 8.88. The molecule has 1 aliphatic rings. The first kappa shape index (κ1) is 10.5. The lowest BCUT2D eigenvalue weighted by Crippen LogP contribution is -2.55. The van der Waals surface area contributed by atoms with Crippen molar-refractivity contribution in [3.8, 4) is 0 Å². The van der Waals surface area contributed by atoms with E-state index in [0.717, 1.165) is 0 Å². The summed E-state index contributed by atoms with van der Waals surface area (Å²) in [6.07, 6.45) is 1.25. The van der Waals surface area contributed by atoms with Crippen molar-refractivity contribution in [2.75, 3.05) is 18.1 Å². The minimum absolute atomic E-state index is 0.0470. The van der Waals surface area contributed by atoms with Gasteiger partial charge in [0, 0.05) is 6.07 Å². The van der Waals surface area contributed by atoms with Gasteiger partial charge in [0.2, 0.25) is 6.23 Å². The maximum atomic E-state index is 11.5. The van der Waals surface area contributed by atoms with E-state index in [1.807, 2.05) is 0 Å². The third-order valence-corrected chi connectivity index (χ3v) is 3.20. The molecule has 2 rings (SSSR count). The van der Waals surface area contributed by atoms with Crippen molar-refractivity contribution in [1.82, 2.24) is 4.98 Å². The Morgan fingerprint density at radius 3 is 3.20 bits per heavy atom. The largest absolute Gasteiger partial charge is 0.499 e. The van der Waals surface area contributed by atoms with Gasteiger partial charge in [0.1, 0.15) is 11.6 Å². The van der Waals surface area contributed by atoms with Crippen molar-refractivity contribution in [1.29, 1.82) is 0 Å². The molecule has 2 unspecified atom stereocenters. The molecule has 0 aromatic carbocycles. The fraction of sp³-hybridized carbons (Fsp3) is 0.500. The minimum atomic E-state index is -0.337. The Labute approximate surface area is 90.1 Å². The number of hydrogen-bond donors (Lipinski definition) is 3. The molecule has 1 aliphatic heterocycles. The van der Waals surface area contributed by atoms with E-state index in [1.165, 1.54) is 16.3 Å². The lowest BCUT2D eigenvalue weighted by Gasteiger charge is -2.07. The molecule has 0 amide bonds. The van der Waals surface area contributed by atoms with Gasteiger partial charge in [-0.15, -0.1) is 11.8 Å². The number of ether oxygens (including phenoxy) is 1. The SMILES string of the molecule is Nc1cc[n+](C2CSC(CO)O2)c(=O)[nH]1. The maximum absolute atomic E-state index is 11.5. The van der Waals surface area contributed by atoms with Crippen molar-refractivity contribution >= 4 is 17.6 Å². The van der Waals surface area contributed by atoms with Gasteiger partial charge < -0.3 is 15.6 Å². The van der Waals surface area contributed by atoms with Crippen LogP contribution in [0.4, 0.5) is 5.82 Å². The number of aromatic amines is 1. The predicted molar refractivity (Wildman–Crippen MR) is 55.1 cm³/mol. The molecule has 6 nitrogen and oxygen atoms in total. The third-order valence-electron chi connectivity index (χ3n) is 2.09. The average molecular weight is 230 g/mol. The Bertz CT molecular complexity index is 408. The molecule has 0 spiro atoms. The molecular formula is C8H12N3O3S+. The van der Waals surface area contributed by atoms with Crippen LogP contribution in [0.2, 0.25) is 0 Å². The summed E-state index contributed by atoms with van der Waals surface area (Å²) in [5.74, 6) is 0.962. The Morgan fingerprint density at radius 1 is 1.80 bits per heavy atom. The molecule has 0 saturated carbocycles. The second-order valence-corrected chi connectivity index (χ2v) is 4.34. The second kappa shape index (κ2) is 4.21. The van der Waals surface area contributed by atoms with Crippen LogP contribution in [0.15, 0.2) is 17.1 Å². The van der Waals surface area contributed by atoms with E-state index in [-0.39, 0.29) is 24.0 Å². The van der Waals surface area contributed by atoms with Crippen LogP contribution >= 0.6 is 11.8 Å². The molecule has 1 saturated heterocycles. The van der Waals surface area contributed by atoms with E-state index in [9.17, 15) is 4.79 Å². The fourth-order valence-electron chi connectivity index (χ4n) is 1.37. The number of rotatable bonds is 2. The van der Waals surface area contributed by atoms with Gasteiger partial charge in [0.05, 0.1) is 12.4 Å². The molecule has 7 heteroatoms. The van der Waals surface area contributed by atoms with Crippen LogP contribution in [0, 0.1) is 0 Å². The molecule has 0 bridgehead atoms. The first-order chi connectivity index (χ1) is 7.20. The Hall–Kier alpha value is -1.05. The number of aliphatic hydroxyl groups is 1. The average Bonchev–Trinajstić information content (AvgIpc) is 2.66. The number of nitrogens with two attached hydrogens (primary N) is 1. The van der Waals surface area contributed by atoms with Crippen molar-refractivity contribution in [2.45, 2.75) is 11.7 Å². The highest BCUT2D eigenvalue weighted by molar-refractivity contribution is 8.00. The number of nitrogens with one attached hydrogen (secondary N) is 1. The van der Waals surface area contributed by atoms with Gasteiger partial charge in [0.15, 0.2) is 5.82 Å². The van der Waals surface area contributed by atoms with Crippen LogP contribution in [-0.2, 0) is 4.74 Å². The summed E-state index contributed by atoms with van der Waals surface area (Å²) in [4.78, 5) is 14.0. The Balaban J connectivity index is 2.20. The zero-order valence-electron chi connectivity index (χ0n) is 7.92. The molecular weight excluding hydrogens is 218 g/mol. The number of aliphatic hydroxyl groups excluding tert-OH is 1. The van der Waals surface area contributed by atoms with E-state index >= 15 is 0 Å². The minimum Gasteiger partial charge on any atom is -0.393 e. The quantitative estimate of drug-likeness (QED) is 0.556. The van der Waals surface area contributed by atoms with Crippen molar-refractivity contribution < 1.29 is 14.4 Å². The normalized spacial score (nSPS) is 25.7. The van der Waals surface area contributed by atoms with Crippen LogP contribution in [0.5, 0.6) is 0 Å². The Kier molecular flexibility index (Phi) is 2.94. The summed E-state index contributed by atoms with van der Waals surface area (Å²) in [5.41, 5.74) is 4.87. The van der Waals surface area contributed by atoms with Crippen LogP contribution in [0.25, 0.3) is 0 Å². The van der Waals surface area contributed by atoms with Crippen molar-refractivity contribution in [2.24, 2.45) is 0 Å². The fourth-order valence-corrected chi connectivity index (χ4v) is 2.30. The lowest BCUT2D eigenvalue weighted by atomic mass is 10.5. The Morgan fingerprint density at radius 2 is 2.60 bits per heavy atom. The van der Waals surface area contributed by atoms with E-state index in [1.54, 1.807) is 12.3 Å². The molecule has 82 valence electrons. The van der Waals surface area contributed by atoms with Crippen LogP contribution in [-0.4, -0.2) is 27.9 Å². The molecule has 1 fully saturated rings. The van der Waals surface area contributed by atoms with E-state index in [2.05, 4.69) is 4.98 Å². The van der Waals surface area contributed by atoms with Gasteiger partial charge in [-0.1, -0.05) is 0 Å². The van der Waals surface area contributed by atoms with Gasteiger partial charge in [-0.05, 0) is 0 Å². The topological polar surface area (TPSA) is 92.2 Å². The van der Waals surface area contributed by atoms with E-state index < -0.39 is 0 Å². The highest BCUT2D eigenvalue weighted by atomic mass is 32.2. The molecule has 2 atom stereocenters. The number of H-pyrrole nitrogens is 1. The van der Waals surface area contributed by atoms with Crippen LogP contribution in [0.1, 0.15) is 6.23 Å². The molecule has 1 aromatic heterocycles. The summed E-state index contributed by atoms with van der Waals surface area (Å²) in [6, 6.07) is 1.60. The molecule has 2 heterocycles. The van der Waals surface area contributed by atoms with Gasteiger partial charge in [-0.25, -0.2) is 0 Å². The first-order valence-corrected chi connectivity index (χ1v) is 5.53. The smallest absolute Gasteiger partial charge is 0.393 e. The van der Waals surface area contributed by atoms with Gasteiger partial charge in [0.25, 0.3) is 0 Å². The number of nitrogen functional groups attached to an aromatic ring is 1. The molecule has 4 N–H and O–H groups in total. The molecule has 0 aliphatic carbocycles. The van der Waals surface area contributed by atoms with E-state index in [0.29, 0.717) is 11.6 Å². The molecule has 1 aromatic rings. The second-order valence-electron chi connectivity index (χ2n) is 3.14. The zero-order valence-corrected chi connectivity index (χ0v) is 8.74. The van der Waals surface area contributed by atoms with E-state index in [4.69, 9.17) is 15.6 Å². The third kappa shape index (κ3) is 2.14. The highest BCUT2D eigenvalue weighted by Gasteiger charge is 2.31. The standard InChI is InChI=1S/C8H11N3O3S/c9-5-1-2-11(8(13)10-5)6-4-15-7(3-12)14-6/h1-2,6-7,12H,3-4H2,(H2,9,10,13)/p+1. The van der Waals surface area contributed by atoms with Gasteiger partial charge >= 0.3 is 5.69 Å². The monoisotopic (exact) mass is 230 g/mol. The zero-order chi connectivity index (χ0) is 10.8. The van der Waals surface area contributed by atoms with Crippen molar-refractivity contribution in [3.63, 3.8) is 0 Å². The van der Waals surface area contributed by atoms with Gasteiger partial charge in [-0.3, -0.25) is 0 Å². The summed E-state index contributed by atoms with van der Waals surface area (Å²) >= 11 is 1.48. The highest BCUT2D eigenvalue weighted by Crippen LogP contribution is 2.27. The number of nitrogens with zero attached hydrogens (tertiary/aromatic N) is 1. The maximum Gasteiger partial charge on any atom is 0.499 e. The number of aromatic nitrogens is 2. The first-order valence-electron chi connectivity index (χ1n) is 4.48. The number of hydrogen-bond acceptors (Lipinski definition) is 5. The number of anilines is 1. The number of thioether (sulfide) groups is 1. The predicted octanol–water partition coefficient (Wildman–Crippen LogP) is -1.18. The van der Waals surface area contributed by atoms with Crippen LogP contribution < -0.4 is 16.0 Å². The molecule has 0 radical (unpaired) electrons.